The van der Waals surface area contributed by atoms with Gasteiger partial charge in [0, 0.05) is 57.1 Å². The first-order valence-electron chi connectivity index (χ1n) is 11.8. The number of carbonyl (C=O) groups excluding carboxylic acids is 2. The van der Waals surface area contributed by atoms with Crippen LogP contribution in [0.15, 0.2) is 36.7 Å². The average molecular weight is 477 g/mol. The predicted molar refractivity (Wildman–Crippen MR) is 136 cm³/mol. The third kappa shape index (κ3) is 5.48. The second-order valence-corrected chi connectivity index (χ2v) is 8.92. The number of amides is 2. The number of nitrogens with zero attached hydrogens (tertiary/aromatic N) is 5. The molecule has 2 amide bonds. The molecule has 4 N–H and O–H groups in total. The zero-order valence-corrected chi connectivity index (χ0v) is 20.4. The zero-order chi connectivity index (χ0) is 24.9. The molecule has 1 aliphatic rings. The van der Waals surface area contributed by atoms with Gasteiger partial charge in [0.05, 0.1) is 11.6 Å². The molecule has 4 rings (SSSR count). The van der Waals surface area contributed by atoms with Crippen LogP contribution in [0.1, 0.15) is 34.5 Å². The van der Waals surface area contributed by atoms with Gasteiger partial charge in [0.15, 0.2) is 11.5 Å². The van der Waals surface area contributed by atoms with Gasteiger partial charge in [-0.25, -0.2) is 15.0 Å². The first kappa shape index (κ1) is 24.3. The topological polar surface area (TPSA) is 129 Å². The smallest absolute Gasteiger partial charge is 0.273 e. The second kappa shape index (κ2) is 10.6. The summed E-state index contributed by atoms with van der Waals surface area (Å²) >= 11 is 0. The monoisotopic (exact) mass is 476 g/mol. The summed E-state index contributed by atoms with van der Waals surface area (Å²) in [6.45, 7) is 4.31. The Hall–Kier alpha value is -3.79. The molecule has 10 nitrogen and oxygen atoms in total. The van der Waals surface area contributed by atoms with Crippen molar-refractivity contribution in [1.82, 2.24) is 30.5 Å². The number of aromatic nitrogens is 3. The number of rotatable bonds is 8. The van der Waals surface area contributed by atoms with Crippen molar-refractivity contribution in [2.45, 2.75) is 32.4 Å². The molecule has 184 valence electrons. The maximum Gasteiger partial charge on any atom is 0.273 e. The highest BCUT2D eigenvalue weighted by Crippen LogP contribution is 2.25. The van der Waals surface area contributed by atoms with E-state index in [4.69, 9.17) is 10.7 Å². The highest BCUT2D eigenvalue weighted by atomic mass is 16.2. The van der Waals surface area contributed by atoms with Crippen LogP contribution in [-0.2, 0) is 11.3 Å². The zero-order valence-electron chi connectivity index (χ0n) is 20.4. The van der Waals surface area contributed by atoms with E-state index in [9.17, 15) is 9.59 Å². The molecule has 3 aromatic rings. The highest BCUT2D eigenvalue weighted by molar-refractivity contribution is 5.96. The number of hydrogen-bond donors (Lipinski definition) is 3. The number of nitrogens with one attached hydrogen (secondary N) is 2. The molecule has 10 heteroatoms. The van der Waals surface area contributed by atoms with Gasteiger partial charge in [-0.05, 0) is 37.9 Å². The number of para-hydroxylation sites is 1. The van der Waals surface area contributed by atoms with Crippen LogP contribution in [0.2, 0.25) is 0 Å². The highest BCUT2D eigenvalue weighted by Gasteiger charge is 2.25. The van der Waals surface area contributed by atoms with Crippen molar-refractivity contribution in [2.75, 3.05) is 44.4 Å². The molecule has 1 fully saturated rings. The second-order valence-electron chi connectivity index (χ2n) is 8.92. The maximum atomic E-state index is 12.7. The summed E-state index contributed by atoms with van der Waals surface area (Å²) in [7, 11) is 3.78. The number of likely N-dealkylation sites (N-methyl/N-ethyl adjacent to an activating group) is 2. The van der Waals surface area contributed by atoms with Crippen LogP contribution < -0.4 is 21.3 Å². The number of aryl methyl sites for hydroxylation is 1. The first-order valence-corrected chi connectivity index (χ1v) is 11.8. The average Bonchev–Trinajstić information content (AvgIpc) is 3.40. The number of nitrogen functional groups attached to an aromatic ring is 1. The fraction of sp³-hybridized carbons (Fsp3) is 0.400. The van der Waals surface area contributed by atoms with E-state index < -0.39 is 5.91 Å². The number of fused-ring (bicyclic) bond motifs is 1. The van der Waals surface area contributed by atoms with Crippen LogP contribution in [0.4, 0.5) is 11.6 Å². The van der Waals surface area contributed by atoms with Crippen LogP contribution in [-0.4, -0.2) is 71.4 Å². The fourth-order valence-electron chi connectivity index (χ4n) is 4.30. The summed E-state index contributed by atoms with van der Waals surface area (Å²) < 4.78 is 0. The van der Waals surface area contributed by atoms with E-state index in [1.54, 1.807) is 4.90 Å². The minimum atomic E-state index is -0.400. The van der Waals surface area contributed by atoms with Crippen LogP contribution in [0, 0.1) is 6.92 Å². The third-order valence-electron chi connectivity index (χ3n) is 6.35. The Morgan fingerprint density at radius 3 is 2.74 bits per heavy atom. The summed E-state index contributed by atoms with van der Waals surface area (Å²) in [5, 5.41) is 7.14. The number of benzene rings is 1. The van der Waals surface area contributed by atoms with Crippen molar-refractivity contribution >= 4 is 34.4 Å². The van der Waals surface area contributed by atoms with E-state index in [1.165, 1.54) is 12.4 Å². The molecule has 1 saturated heterocycles. The lowest BCUT2D eigenvalue weighted by molar-refractivity contribution is -0.131. The van der Waals surface area contributed by atoms with Crippen LogP contribution in [0.5, 0.6) is 0 Å². The first-order chi connectivity index (χ1) is 16.8. The largest absolute Gasteiger partial charge is 0.382 e. The van der Waals surface area contributed by atoms with Crippen molar-refractivity contribution in [3.05, 3.63) is 53.5 Å². The summed E-state index contributed by atoms with van der Waals surface area (Å²) in [5.74, 6) is 0.549. The number of hydrogen-bond acceptors (Lipinski definition) is 8. The lowest BCUT2D eigenvalue weighted by Gasteiger charge is -2.27. The van der Waals surface area contributed by atoms with Gasteiger partial charge < -0.3 is 26.2 Å². The summed E-state index contributed by atoms with van der Waals surface area (Å²) in [4.78, 5) is 42.1. The molecule has 0 bridgehead atoms. The van der Waals surface area contributed by atoms with Gasteiger partial charge in [-0.3, -0.25) is 9.59 Å². The van der Waals surface area contributed by atoms with E-state index in [1.807, 2.05) is 50.2 Å². The minimum Gasteiger partial charge on any atom is -0.382 e. The molecular weight excluding hydrogens is 444 g/mol. The minimum absolute atomic E-state index is 0.0825. The van der Waals surface area contributed by atoms with Crippen molar-refractivity contribution in [2.24, 2.45) is 0 Å². The Labute approximate surface area is 204 Å². The maximum absolute atomic E-state index is 12.7. The Kier molecular flexibility index (Phi) is 7.40. The standard InChI is InChI=1S/C25H32N8O2/c1-16-6-4-7-17-14-18(15-30-24(34)21-22(26)29-11-10-28-21)23(31-20(16)17)32(2)12-13-33(3)25(35)19-8-5-9-27-19/h4,6-7,10-11,14,19,27H,5,8-9,12-13,15H2,1-3H3,(H2,26,29)(H,30,34). The lowest BCUT2D eigenvalue weighted by atomic mass is 10.1. The van der Waals surface area contributed by atoms with Crippen LogP contribution in [0.3, 0.4) is 0 Å². The van der Waals surface area contributed by atoms with Crippen LogP contribution in [0.25, 0.3) is 10.9 Å². The molecule has 0 aliphatic carbocycles. The van der Waals surface area contributed by atoms with E-state index in [0.717, 1.165) is 47.2 Å². The van der Waals surface area contributed by atoms with Gasteiger partial charge in [-0.1, -0.05) is 18.2 Å². The molecule has 2 aromatic heterocycles. The number of pyridine rings is 1. The predicted octanol–water partition coefficient (Wildman–Crippen LogP) is 1.49. The molecule has 1 unspecified atom stereocenters. The van der Waals surface area contributed by atoms with Crippen molar-refractivity contribution in [3.63, 3.8) is 0 Å². The molecule has 1 aliphatic heterocycles. The molecule has 0 spiro atoms. The summed E-state index contributed by atoms with van der Waals surface area (Å²) in [6, 6.07) is 7.97. The Balaban J connectivity index is 1.53. The molecule has 1 aromatic carbocycles. The summed E-state index contributed by atoms with van der Waals surface area (Å²) in [5.41, 5.74) is 8.72. The van der Waals surface area contributed by atoms with Gasteiger partial charge in [0.25, 0.3) is 5.91 Å². The number of anilines is 2. The van der Waals surface area contributed by atoms with Gasteiger partial charge in [-0.15, -0.1) is 0 Å². The van der Waals surface area contributed by atoms with Gasteiger partial charge in [0.1, 0.15) is 5.82 Å². The van der Waals surface area contributed by atoms with Gasteiger partial charge in [-0.2, -0.15) is 0 Å². The molecule has 35 heavy (non-hydrogen) atoms. The Morgan fingerprint density at radius 2 is 2.00 bits per heavy atom. The Morgan fingerprint density at radius 1 is 1.20 bits per heavy atom. The number of carbonyl (C=O) groups is 2. The normalized spacial score (nSPS) is 15.2. The molecule has 0 radical (unpaired) electrons. The van der Waals surface area contributed by atoms with E-state index >= 15 is 0 Å². The quantitative estimate of drug-likeness (QED) is 0.446. The van der Waals surface area contributed by atoms with E-state index in [-0.39, 0.29) is 30.0 Å². The molecular formula is C25H32N8O2. The van der Waals surface area contributed by atoms with E-state index in [0.29, 0.717) is 13.1 Å². The van der Waals surface area contributed by atoms with Crippen molar-refractivity contribution < 1.29 is 9.59 Å². The van der Waals surface area contributed by atoms with Crippen LogP contribution >= 0.6 is 0 Å². The SMILES string of the molecule is Cc1cccc2cc(CNC(=O)c3nccnc3N)c(N(C)CCN(C)C(=O)C3CCCN3)nc12. The van der Waals surface area contributed by atoms with Crippen molar-refractivity contribution in [3.8, 4) is 0 Å². The summed E-state index contributed by atoms with van der Waals surface area (Å²) in [6.07, 6.45) is 4.79. The molecule has 0 saturated carbocycles. The van der Waals surface area contributed by atoms with E-state index in [2.05, 4.69) is 20.6 Å². The lowest BCUT2D eigenvalue weighted by Crippen LogP contribution is -2.44. The molecule has 3 heterocycles. The van der Waals surface area contributed by atoms with Crippen molar-refractivity contribution in [1.29, 1.82) is 0 Å². The molecule has 1 atom stereocenters. The van der Waals surface area contributed by atoms with Gasteiger partial charge >= 0.3 is 0 Å². The number of nitrogens with two attached hydrogens (primary N) is 1. The Bertz CT molecular complexity index is 1230. The third-order valence-corrected chi connectivity index (χ3v) is 6.35. The van der Waals surface area contributed by atoms with Gasteiger partial charge in [0.2, 0.25) is 5.91 Å². The fourth-order valence-corrected chi connectivity index (χ4v) is 4.30.